The van der Waals surface area contributed by atoms with E-state index in [9.17, 15) is 19.2 Å². The fourth-order valence-corrected chi connectivity index (χ4v) is 4.09. The number of thiazole rings is 1. The average Bonchev–Trinajstić information content (AvgIpc) is 3.31. The van der Waals surface area contributed by atoms with Gasteiger partial charge < -0.3 is 10.5 Å². The predicted molar refractivity (Wildman–Crippen MR) is 117 cm³/mol. The maximum atomic E-state index is 12.9. The lowest BCUT2D eigenvalue weighted by molar-refractivity contribution is -0.117. The molecule has 0 fully saturated rings. The number of ether oxygens (including phenoxy) is 1. The molecule has 1 aliphatic heterocycles. The summed E-state index contributed by atoms with van der Waals surface area (Å²) in [6.45, 7) is 0.0105. The molecule has 2 heterocycles. The Labute approximate surface area is 186 Å². The van der Waals surface area contributed by atoms with Crippen LogP contribution in [-0.2, 0) is 17.8 Å². The van der Waals surface area contributed by atoms with E-state index in [0.717, 1.165) is 16.2 Å². The third-order valence-corrected chi connectivity index (χ3v) is 5.66. The van der Waals surface area contributed by atoms with Crippen molar-refractivity contribution >= 4 is 40.1 Å². The molecular weight excluding hydrogens is 432 g/mol. The standard InChI is InChI=1S/C22H18N4O5S/c1-31-17-7-6-12(10-26-20(29)14-4-2-3-5-15(14)21(26)30)8-16(17)19(28)25-22-24-13(11-32-22)9-18(23)27/h2-8,11H,9-10H2,1H3,(H2,23,27)(H,24,25,28). The Morgan fingerprint density at radius 1 is 1.12 bits per heavy atom. The van der Waals surface area contributed by atoms with Crippen molar-refractivity contribution in [2.75, 3.05) is 12.4 Å². The molecule has 0 saturated heterocycles. The number of carbonyl (C=O) groups excluding carboxylic acids is 4. The van der Waals surface area contributed by atoms with Gasteiger partial charge in [0.2, 0.25) is 5.91 Å². The minimum Gasteiger partial charge on any atom is -0.496 e. The summed E-state index contributed by atoms with van der Waals surface area (Å²) in [5.74, 6) is -1.43. The number of nitrogens with one attached hydrogen (secondary N) is 1. The van der Waals surface area contributed by atoms with Gasteiger partial charge >= 0.3 is 0 Å². The van der Waals surface area contributed by atoms with Crippen LogP contribution < -0.4 is 15.8 Å². The number of imide groups is 1. The molecule has 0 bridgehead atoms. The fraction of sp³-hybridized carbons (Fsp3) is 0.136. The Balaban J connectivity index is 1.55. The minimum absolute atomic E-state index is 0.0105. The summed E-state index contributed by atoms with van der Waals surface area (Å²) in [5.41, 5.74) is 7.15. The van der Waals surface area contributed by atoms with Crippen LogP contribution in [0.4, 0.5) is 5.13 Å². The first-order valence-corrected chi connectivity index (χ1v) is 10.4. The lowest BCUT2D eigenvalue weighted by atomic mass is 10.1. The van der Waals surface area contributed by atoms with Crippen LogP contribution in [0.25, 0.3) is 0 Å². The van der Waals surface area contributed by atoms with Gasteiger partial charge in [-0.3, -0.25) is 29.4 Å². The van der Waals surface area contributed by atoms with Crippen molar-refractivity contribution < 1.29 is 23.9 Å². The Kier molecular flexibility index (Phi) is 5.69. The molecule has 1 aliphatic rings. The number of amides is 4. The molecule has 0 radical (unpaired) electrons. The molecular formula is C22H18N4O5S. The van der Waals surface area contributed by atoms with Crippen molar-refractivity contribution in [1.82, 2.24) is 9.88 Å². The molecule has 4 amide bonds. The summed E-state index contributed by atoms with van der Waals surface area (Å²) < 4.78 is 5.29. The topological polar surface area (TPSA) is 132 Å². The van der Waals surface area contributed by atoms with Gasteiger partial charge in [-0.2, -0.15) is 0 Å². The molecule has 3 N–H and O–H groups in total. The lowest BCUT2D eigenvalue weighted by Crippen LogP contribution is -2.29. The van der Waals surface area contributed by atoms with E-state index < -0.39 is 11.8 Å². The number of benzene rings is 2. The number of anilines is 1. The number of fused-ring (bicyclic) bond motifs is 1. The van der Waals surface area contributed by atoms with Crippen molar-refractivity contribution in [3.8, 4) is 5.75 Å². The van der Waals surface area contributed by atoms with Crippen LogP contribution in [0.3, 0.4) is 0 Å². The Hall–Kier alpha value is -4.05. The third kappa shape index (κ3) is 4.08. The van der Waals surface area contributed by atoms with Crippen molar-refractivity contribution in [3.63, 3.8) is 0 Å². The molecule has 0 unspecified atom stereocenters. The van der Waals surface area contributed by atoms with E-state index in [1.54, 1.807) is 47.8 Å². The summed E-state index contributed by atoms with van der Waals surface area (Å²) in [7, 11) is 1.43. The first-order chi connectivity index (χ1) is 15.4. The molecule has 3 aromatic rings. The summed E-state index contributed by atoms with van der Waals surface area (Å²) >= 11 is 1.16. The summed E-state index contributed by atoms with van der Waals surface area (Å²) in [6, 6.07) is 11.5. The van der Waals surface area contributed by atoms with Gasteiger partial charge in [0.05, 0.1) is 42.5 Å². The molecule has 10 heteroatoms. The van der Waals surface area contributed by atoms with E-state index in [0.29, 0.717) is 33.3 Å². The zero-order valence-corrected chi connectivity index (χ0v) is 17.8. The number of carbonyl (C=O) groups is 4. The number of hydrogen-bond acceptors (Lipinski definition) is 7. The van der Waals surface area contributed by atoms with Crippen LogP contribution in [0.15, 0.2) is 47.8 Å². The number of aromatic nitrogens is 1. The largest absolute Gasteiger partial charge is 0.496 e. The molecule has 1 aromatic heterocycles. The smallest absolute Gasteiger partial charge is 0.261 e. The van der Waals surface area contributed by atoms with Gasteiger partial charge in [0, 0.05) is 5.38 Å². The van der Waals surface area contributed by atoms with Crippen LogP contribution >= 0.6 is 11.3 Å². The van der Waals surface area contributed by atoms with E-state index >= 15 is 0 Å². The van der Waals surface area contributed by atoms with E-state index in [4.69, 9.17) is 10.5 Å². The molecule has 0 aliphatic carbocycles. The van der Waals surface area contributed by atoms with Crippen LogP contribution in [0, 0.1) is 0 Å². The van der Waals surface area contributed by atoms with Gasteiger partial charge in [0.25, 0.3) is 17.7 Å². The maximum absolute atomic E-state index is 12.9. The van der Waals surface area contributed by atoms with E-state index in [1.165, 1.54) is 7.11 Å². The molecule has 0 saturated carbocycles. The number of methoxy groups -OCH3 is 1. The highest BCUT2D eigenvalue weighted by Gasteiger charge is 2.35. The Morgan fingerprint density at radius 3 is 2.44 bits per heavy atom. The normalized spacial score (nSPS) is 12.6. The van der Waals surface area contributed by atoms with Gasteiger partial charge in [-0.1, -0.05) is 18.2 Å². The van der Waals surface area contributed by atoms with Gasteiger partial charge in [0.1, 0.15) is 5.75 Å². The SMILES string of the molecule is COc1ccc(CN2C(=O)c3ccccc3C2=O)cc1C(=O)Nc1nc(CC(N)=O)cs1. The minimum atomic E-state index is -0.518. The quantitative estimate of drug-likeness (QED) is 0.531. The second-order valence-electron chi connectivity index (χ2n) is 7.02. The van der Waals surface area contributed by atoms with Crippen LogP contribution in [0.1, 0.15) is 42.3 Å². The molecule has 32 heavy (non-hydrogen) atoms. The molecule has 2 aromatic carbocycles. The highest BCUT2D eigenvalue weighted by Crippen LogP contribution is 2.27. The second-order valence-corrected chi connectivity index (χ2v) is 7.88. The second kappa shape index (κ2) is 8.60. The summed E-state index contributed by atoms with van der Waals surface area (Å²) in [4.78, 5) is 54.5. The molecule has 0 atom stereocenters. The third-order valence-electron chi connectivity index (χ3n) is 4.85. The zero-order valence-electron chi connectivity index (χ0n) is 17.0. The maximum Gasteiger partial charge on any atom is 0.261 e. The first kappa shape index (κ1) is 21.2. The molecule has 0 spiro atoms. The number of hydrogen-bond donors (Lipinski definition) is 2. The monoisotopic (exact) mass is 450 g/mol. The summed E-state index contributed by atoms with van der Waals surface area (Å²) in [5, 5.41) is 4.61. The van der Waals surface area contributed by atoms with E-state index in [2.05, 4.69) is 10.3 Å². The van der Waals surface area contributed by atoms with Gasteiger partial charge in [-0.15, -0.1) is 11.3 Å². The van der Waals surface area contributed by atoms with Crippen LogP contribution in [0.2, 0.25) is 0 Å². The first-order valence-electron chi connectivity index (χ1n) is 9.53. The molecule has 162 valence electrons. The van der Waals surface area contributed by atoms with Crippen molar-refractivity contribution in [1.29, 1.82) is 0 Å². The average molecular weight is 450 g/mol. The zero-order chi connectivity index (χ0) is 22.8. The Morgan fingerprint density at radius 2 is 1.81 bits per heavy atom. The van der Waals surface area contributed by atoms with Gasteiger partial charge in [0.15, 0.2) is 5.13 Å². The lowest BCUT2D eigenvalue weighted by Gasteiger charge is -2.16. The molecule has 9 nitrogen and oxygen atoms in total. The fourth-order valence-electron chi connectivity index (χ4n) is 3.38. The van der Waals surface area contributed by atoms with Crippen molar-refractivity contribution in [2.45, 2.75) is 13.0 Å². The number of nitrogens with two attached hydrogens (primary N) is 1. The van der Waals surface area contributed by atoms with E-state index in [-0.39, 0.29) is 30.3 Å². The number of primary amides is 1. The van der Waals surface area contributed by atoms with Crippen LogP contribution in [0.5, 0.6) is 5.75 Å². The summed E-state index contributed by atoms with van der Waals surface area (Å²) in [6.07, 6.45) is -0.0224. The number of nitrogens with zero attached hydrogens (tertiary/aromatic N) is 2. The van der Waals surface area contributed by atoms with Gasteiger partial charge in [-0.05, 0) is 29.8 Å². The van der Waals surface area contributed by atoms with Crippen molar-refractivity contribution in [3.05, 3.63) is 75.8 Å². The number of rotatable bonds is 7. The Bertz CT molecular complexity index is 1220. The van der Waals surface area contributed by atoms with Crippen molar-refractivity contribution in [2.24, 2.45) is 5.73 Å². The molecule has 4 rings (SSSR count). The van der Waals surface area contributed by atoms with Gasteiger partial charge in [-0.25, -0.2) is 4.98 Å². The highest BCUT2D eigenvalue weighted by molar-refractivity contribution is 7.14. The predicted octanol–water partition coefficient (Wildman–Crippen LogP) is 2.23. The highest BCUT2D eigenvalue weighted by atomic mass is 32.1. The van der Waals surface area contributed by atoms with Crippen LogP contribution in [-0.4, -0.2) is 40.6 Å². The van der Waals surface area contributed by atoms with E-state index in [1.807, 2.05) is 0 Å².